The first-order valence-electron chi connectivity index (χ1n) is 8.76. The third kappa shape index (κ3) is 3.81. The quantitative estimate of drug-likeness (QED) is 0.546. The lowest BCUT2D eigenvalue weighted by Crippen LogP contribution is -2.23. The van der Waals surface area contributed by atoms with E-state index in [9.17, 15) is 26.4 Å². The van der Waals surface area contributed by atoms with Gasteiger partial charge in [0.15, 0.2) is 9.84 Å². The highest BCUT2D eigenvalue weighted by atomic mass is 35.5. The molecule has 1 heterocycles. The molecule has 0 aliphatic heterocycles. The minimum absolute atomic E-state index is 0.0449. The molecular formula is C19H13Cl2F3N2O3S. The molecule has 0 spiro atoms. The van der Waals surface area contributed by atoms with Gasteiger partial charge in [0, 0.05) is 5.02 Å². The number of hydrogen-bond acceptors (Lipinski definition) is 4. The van der Waals surface area contributed by atoms with Gasteiger partial charge in [0.25, 0.3) is 5.56 Å². The summed E-state index contributed by atoms with van der Waals surface area (Å²) in [5.74, 6) is 0. The van der Waals surface area contributed by atoms with Crippen LogP contribution in [0, 0.1) is 0 Å². The second-order valence-corrected chi connectivity index (χ2v) is 10.1. The average molecular weight is 477 g/mol. The summed E-state index contributed by atoms with van der Waals surface area (Å²) >= 11 is 11.9. The molecule has 1 aliphatic rings. The number of hydrogen-bond donors (Lipinski definition) is 0. The van der Waals surface area contributed by atoms with Crippen LogP contribution in [0.25, 0.3) is 10.9 Å². The molecule has 4 rings (SSSR count). The zero-order valence-electron chi connectivity index (χ0n) is 15.1. The Bertz CT molecular complexity index is 1330. The molecule has 0 atom stereocenters. The van der Waals surface area contributed by atoms with Crippen molar-refractivity contribution in [2.45, 2.75) is 35.7 Å². The topological polar surface area (TPSA) is 69.0 Å². The summed E-state index contributed by atoms with van der Waals surface area (Å²) in [6.45, 7) is -0.225. The maximum Gasteiger partial charge on any atom is 0.416 e. The van der Waals surface area contributed by atoms with Gasteiger partial charge in [-0.1, -0.05) is 23.2 Å². The molecule has 1 saturated carbocycles. The predicted molar refractivity (Wildman–Crippen MR) is 107 cm³/mol. The molecule has 0 N–H and O–H groups in total. The molecule has 0 saturated heterocycles. The van der Waals surface area contributed by atoms with E-state index in [0.717, 1.165) is 10.9 Å². The van der Waals surface area contributed by atoms with E-state index < -0.39 is 32.4 Å². The van der Waals surface area contributed by atoms with Crippen molar-refractivity contribution in [3.63, 3.8) is 0 Å². The van der Waals surface area contributed by atoms with E-state index in [1.54, 1.807) is 0 Å². The summed E-state index contributed by atoms with van der Waals surface area (Å²) in [6.07, 6.45) is -2.46. The summed E-state index contributed by atoms with van der Waals surface area (Å²) < 4.78 is 65.8. The van der Waals surface area contributed by atoms with Crippen molar-refractivity contribution >= 4 is 43.9 Å². The van der Waals surface area contributed by atoms with Crippen LogP contribution in [0.1, 0.15) is 24.0 Å². The molecule has 11 heteroatoms. The smallest absolute Gasteiger partial charge is 0.294 e. The van der Waals surface area contributed by atoms with Crippen molar-refractivity contribution < 1.29 is 21.6 Å². The average Bonchev–Trinajstić information content (AvgIpc) is 3.49. The summed E-state index contributed by atoms with van der Waals surface area (Å²) in [6, 6.07) is 5.64. The van der Waals surface area contributed by atoms with Gasteiger partial charge in [-0.3, -0.25) is 9.36 Å². The van der Waals surface area contributed by atoms with Crippen molar-refractivity contribution in [1.82, 2.24) is 9.55 Å². The molecule has 30 heavy (non-hydrogen) atoms. The van der Waals surface area contributed by atoms with Crippen LogP contribution in [0.4, 0.5) is 13.2 Å². The highest BCUT2D eigenvalue weighted by Crippen LogP contribution is 2.36. The Morgan fingerprint density at radius 1 is 1.13 bits per heavy atom. The molecule has 2 aromatic carbocycles. The molecule has 5 nitrogen and oxygen atoms in total. The molecule has 3 aromatic rings. The third-order valence-electron chi connectivity index (χ3n) is 4.84. The minimum Gasteiger partial charge on any atom is -0.294 e. The van der Waals surface area contributed by atoms with E-state index in [4.69, 9.17) is 23.2 Å². The van der Waals surface area contributed by atoms with E-state index in [1.165, 1.54) is 18.2 Å². The Kier molecular flexibility index (Phi) is 5.11. The van der Waals surface area contributed by atoms with Crippen LogP contribution in [0.2, 0.25) is 10.0 Å². The normalized spacial score (nSPS) is 15.0. The van der Waals surface area contributed by atoms with Gasteiger partial charge in [-0.2, -0.15) is 13.2 Å². The van der Waals surface area contributed by atoms with Gasteiger partial charge in [0.05, 0.1) is 44.5 Å². The Morgan fingerprint density at radius 2 is 1.83 bits per heavy atom. The fraction of sp³-hybridized carbons (Fsp3) is 0.263. The largest absolute Gasteiger partial charge is 0.416 e. The molecule has 0 unspecified atom stereocenters. The standard InChI is InChI=1S/C19H13Cl2F3N2O3S/c20-12-1-4-16(30(28,29)13-2-3-13)10(5-12)8-26-9-25-17-14(18(26)27)6-11(7-15(17)21)19(22,23)24/h1,4-7,9,13H,2-3,8H2. The highest BCUT2D eigenvalue weighted by Gasteiger charge is 2.38. The van der Waals surface area contributed by atoms with E-state index in [1.807, 2.05) is 0 Å². The van der Waals surface area contributed by atoms with Crippen molar-refractivity contribution in [1.29, 1.82) is 0 Å². The van der Waals surface area contributed by atoms with Gasteiger partial charge in [-0.25, -0.2) is 13.4 Å². The zero-order chi connectivity index (χ0) is 21.8. The van der Waals surface area contributed by atoms with E-state index in [2.05, 4.69) is 4.98 Å². The second kappa shape index (κ2) is 7.25. The number of fused-ring (bicyclic) bond motifs is 1. The summed E-state index contributed by atoms with van der Waals surface area (Å²) in [5.41, 5.74) is -1.65. The van der Waals surface area contributed by atoms with Crippen molar-refractivity contribution in [2.75, 3.05) is 0 Å². The van der Waals surface area contributed by atoms with Crippen LogP contribution in [0.5, 0.6) is 0 Å². The zero-order valence-corrected chi connectivity index (χ0v) is 17.4. The van der Waals surface area contributed by atoms with E-state index >= 15 is 0 Å². The van der Waals surface area contributed by atoms with Gasteiger partial charge in [0.2, 0.25) is 0 Å². The van der Waals surface area contributed by atoms with Gasteiger partial charge in [-0.15, -0.1) is 0 Å². The van der Waals surface area contributed by atoms with Crippen LogP contribution in [0.3, 0.4) is 0 Å². The molecular weight excluding hydrogens is 464 g/mol. The first-order valence-corrected chi connectivity index (χ1v) is 11.1. The number of sulfone groups is 1. The first kappa shape index (κ1) is 21.1. The Balaban J connectivity index is 1.85. The summed E-state index contributed by atoms with van der Waals surface area (Å²) in [5, 5.41) is -0.823. The summed E-state index contributed by atoms with van der Waals surface area (Å²) in [4.78, 5) is 16.9. The molecule has 1 aromatic heterocycles. The highest BCUT2D eigenvalue weighted by molar-refractivity contribution is 7.92. The van der Waals surface area contributed by atoms with Crippen LogP contribution >= 0.6 is 23.2 Å². The fourth-order valence-electron chi connectivity index (χ4n) is 3.19. The number of benzene rings is 2. The number of nitrogens with zero attached hydrogens (tertiary/aromatic N) is 2. The van der Waals surface area contributed by atoms with Crippen LogP contribution in [-0.4, -0.2) is 23.2 Å². The van der Waals surface area contributed by atoms with Crippen molar-refractivity contribution in [3.8, 4) is 0 Å². The molecule has 0 amide bonds. The Hall–Kier alpha value is -2.10. The lowest BCUT2D eigenvalue weighted by atomic mass is 10.1. The lowest BCUT2D eigenvalue weighted by Gasteiger charge is -2.14. The number of alkyl halides is 3. The number of halogens is 5. The summed E-state index contributed by atoms with van der Waals surface area (Å²) in [7, 11) is -3.59. The molecule has 0 bridgehead atoms. The number of rotatable bonds is 4. The number of aromatic nitrogens is 2. The van der Waals surface area contributed by atoms with Crippen LogP contribution in [0.15, 0.2) is 46.3 Å². The second-order valence-electron chi connectivity index (χ2n) is 7.03. The Morgan fingerprint density at radius 3 is 2.47 bits per heavy atom. The first-order chi connectivity index (χ1) is 14.0. The SMILES string of the molecule is O=c1c2cc(C(F)(F)F)cc(Cl)c2ncn1Cc1cc(Cl)ccc1S(=O)(=O)C1CC1. The van der Waals surface area contributed by atoms with Crippen molar-refractivity contribution in [2.24, 2.45) is 0 Å². The Labute approximate surface area is 179 Å². The van der Waals surface area contributed by atoms with Gasteiger partial charge < -0.3 is 0 Å². The van der Waals surface area contributed by atoms with Crippen LogP contribution < -0.4 is 5.56 Å². The van der Waals surface area contributed by atoms with E-state index in [0.29, 0.717) is 25.0 Å². The molecule has 1 fully saturated rings. The molecule has 1 aliphatic carbocycles. The molecule has 0 radical (unpaired) electrons. The predicted octanol–water partition coefficient (Wildman–Crippen LogP) is 4.71. The van der Waals surface area contributed by atoms with Crippen LogP contribution in [-0.2, 0) is 22.6 Å². The minimum atomic E-state index is -4.69. The van der Waals surface area contributed by atoms with E-state index in [-0.39, 0.29) is 38.0 Å². The molecule has 158 valence electrons. The maximum absolute atomic E-state index is 13.1. The van der Waals surface area contributed by atoms with Gasteiger partial charge in [0.1, 0.15) is 0 Å². The monoisotopic (exact) mass is 476 g/mol. The maximum atomic E-state index is 13.1. The lowest BCUT2D eigenvalue weighted by molar-refractivity contribution is -0.137. The third-order valence-corrected chi connectivity index (χ3v) is 7.72. The van der Waals surface area contributed by atoms with Gasteiger partial charge in [-0.05, 0) is 48.7 Å². The van der Waals surface area contributed by atoms with Gasteiger partial charge >= 0.3 is 6.18 Å². The fourth-order valence-corrected chi connectivity index (χ4v) is 5.52. The van der Waals surface area contributed by atoms with Crippen molar-refractivity contribution in [3.05, 3.63) is 68.2 Å².